The molecule has 6 heteroatoms. The summed E-state index contributed by atoms with van der Waals surface area (Å²) in [6, 6.07) is 5.93. The molecule has 0 aliphatic carbocycles. The SMILES string of the molecule is CC(C)(C)N(CCCOc1cc(C#C[Si](C)(C)C)cc(C#C[Si](C)(C)C)c1)C(=O)O. The van der Waals surface area contributed by atoms with Gasteiger partial charge >= 0.3 is 6.09 Å². The number of carbonyl (C=O) groups is 1. The first-order valence-corrected chi connectivity index (χ1v) is 17.4. The monoisotopic (exact) mass is 443 g/mol. The van der Waals surface area contributed by atoms with Crippen LogP contribution in [0.3, 0.4) is 0 Å². The highest BCUT2D eigenvalue weighted by Crippen LogP contribution is 2.18. The van der Waals surface area contributed by atoms with Crippen LogP contribution in [0, 0.1) is 22.9 Å². The Morgan fingerprint density at radius 1 is 0.967 bits per heavy atom. The summed E-state index contributed by atoms with van der Waals surface area (Å²) in [5.41, 5.74) is 8.19. The van der Waals surface area contributed by atoms with E-state index in [1.165, 1.54) is 4.90 Å². The van der Waals surface area contributed by atoms with Gasteiger partial charge in [-0.15, -0.1) is 11.1 Å². The van der Waals surface area contributed by atoms with Crippen molar-refractivity contribution < 1.29 is 14.6 Å². The molecule has 0 spiro atoms. The standard InChI is InChI=1S/C24H37NO3Si2/c1-24(2,3)25(23(26)27)13-10-14-28-22-18-20(11-15-29(4,5)6)17-21(19-22)12-16-30(7,8)9/h17-19H,10,13-14H2,1-9H3,(H,26,27). The maximum atomic E-state index is 11.5. The van der Waals surface area contributed by atoms with Crippen molar-refractivity contribution in [1.82, 2.24) is 4.90 Å². The largest absolute Gasteiger partial charge is 0.493 e. The van der Waals surface area contributed by atoms with Gasteiger partial charge in [0.1, 0.15) is 21.9 Å². The van der Waals surface area contributed by atoms with Crippen molar-refractivity contribution in [3.8, 4) is 28.7 Å². The lowest BCUT2D eigenvalue weighted by Crippen LogP contribution is -2.45. The summed E-state index contributed by atoms with van der Waals surface area (Å²) in [4.78, 5) is 12.9. The van der Waals surface area contributed by atoms with Gasteiger partial charge < -0.3 is 14.7 Å². The predicted octanol–water partition coefficient (Wildman–Crippen LogP) is 5.69. The number of carboxylic acid groups (broad SMARTS) is 1. The molecule has 0 radical (unpaired) electrons. The second-order valence-corrected chi connectivity index (χ2v) is 20.1. The van der Waals surface area contributed by atoms with E-state index in [2.05, 4.69) is 62.2 Å². The summed E-state index contributed by atoms with van der Waals surface area (Å²) < 4.78 is 5.96. The molecule has 30 heavy (non-hydrogen) atoms. The fourth-order valence-electron chi connectivity index (χ4n) is 2.48. The third-order valence-electron chi connectivity index (χ3n) is 3.91. The van der Waals surface area contributed by atoms with E-state index in [1.807, 2.05) is 39.0 Å². The van der Waals surface area contributed by atoms with Crippen molar-refractivity contribution in [2.75, 3.05) is 13.2 Å². The lowest BCUT2D eigenvalue weighted by molar-refractivity contribution is 0.0962. The molecule has 1 amide bonds. The van der Waals surface area contributed by atoms with Crippen LogP contribution in [0.2, 0.25) is 39.3 Å². The first-order valence-electron chi connectivity index (χ1n) is 10.4. The Hall–Kier alpha value is -2.16. The minimum atomic E-state index is -1.49. The van der Waals surface area contributed by atoms with E-state index in [0.29, 0.717) is 19.6 Å². The molecule has 0 saturated heterocycles. The fraction of sp³-hybridized carbons (Fsp3) is 0.542. The van der Waals surface area contributed by atoms with Gasteiger partial charge in [-0.25, -0.2) is 4.79 Å². The maximum Gasteiger partial charge on any atom is 0.407 e. The molecule has 1 rings (SSSR count). The minimum Gasteiger partial charge on any atom is -0.493 e. The zero-order valence-electron chi connectivity index (χ0n) is 20.1. The first-order chi connectivity index (χ1) is 13.6. The van der Waals surface area contributed by atoms with Crippen molar-refractivity contribution in [1.29, 1.82) is 0 Å². The summed E-state index contributed by atoms with van der Waals surface area (Å²) in [5.74, 6) is 7.32. The van der Waals surface area contributed by atoms with Crippen molar-refractivity contribution in [2.45, 2.75) is 72.0 Å². The molecule has 0 bridgehead atoms. The van der Waals surface area contributed by atoms with Gasteiger partial charge in [-0.2, -0.15) is 0 Å². The fourth-order valence-corrected chi connectivity index (χ4v) is 3.52. The third kappa shape index (κ3) is 10.6. The van der Waals surface area contributed by atoms with Crippen molar-refractivity contribution in [3.05, 3.63) is 29.3 Å². The Bertz CT molecular complexity index is 816. The highest BCUT2D eigenvalue weighted by molar-refractivity contribution is 6.84. The number of hydrogen-bond donors (Lipinski definition) is 1. The lowest BCUT2D eigenvalue weighted by atomic mass is 10.1. The Labute approximate surface area is 185 Å². The molecule has 0 aliphatic heterocycles. The van der Waals surface area contributed by atoms with Gasteiger partial charge in [-0.05, 0) is 45.4 Å². The van der Waals surface area contributed by atoms with Gasteiger partial charge in [0.05, 0.1) is 6.61 Å². The molecule has 0 unspecified atom stereocenters. The molecule has 4 nitrogen and oxygen atoms in total. The molecule has 0 aliphatic rings. The van der Waals surface area contributed by atoms with Crippen molar-refractivity contribution in [3.63, 3.8) is 0 Å². The van der Waals surface area contributed by atoms with Crippen molar-refractivity contribution in [2.24, 2.45) is 0 Å². The van der Waals surface area contributed by atoms with Crippen molar-refractivity contribution >= 4 is 22.2 Å². The van der Waals surface area contributed by atoms with Gasteiger partial charge in [-0.1, -0.05) is 51.1 Å². The number of ether oxygens (including phenoxy) is 1. The summed E-state index contributed by atoms with van der Waals surface area (Å²) in [6.07, 6.45) is -0.292. The summed E-state index contributed by atoms with van der Waals surface area (Å²) >= 11 is 0. The van der Waals surface area contributed by atoms with E-state index in [9.17, 15) is 9.90 Å². The smallest absolute Gasteiger partial charge is 0.407 e. The maximum absolute atomic E-state index is 11.5. The average Bonchev–Trinajstić information content (AvgIpc) is 2.55. The topological polar surface area (TPSA) is 49.8 Å². The summed E-state index contributed by atoms with van der Waals surface area (Å²) in [7, 11) is -2.98. The van der Waals surface area contributed by atoms with Crippen LogP contribution in [-0.4, -0.2) is 50.9 Å². The molecule has 1 N–H and O–H groups in total. The second-order valence-electron chi connectivity index (χ2n) is 10.6. The molecule has 1 aromatic rings. The van der Waals surface area contributed by atoms with Gasteiger partial charge in [0.25, 0.3) is 0 Å². The van der Waals surface area contributed by atoms with Gasteiger partial charge in [0.2, 0.25) is 0 Å². The van der Waals surface area contributed by atoms with E-state index in [1.54, 1.807) is 0 Å². The second kappa shape index (κ2) is 10.2. The van der Waals surface area contributed by atoms with E-state index in [-0.39, 0.29) is 0 Å². The van der Waals surface area contributed by atoms with E-state index in [4.69, 9.17) is 4.74 Å². The quantitative estimate of drug-likeness (QED) is 0.361. The van der Waals surface area contributed by atoms with Crippen LogP contribution in [0.25, 0.3) is 0 Å². The van der Waals surface area contributed by atoms with Crippen LogP contribution in [0.4, 0.5) is 4.79 Å². The van der Waals surface area contributed by atoms with E-state index >= 15 is 0 Å². The zero-order chi connectivity index (χ0) is 23.2. The molecule has 0 fully saturated rings. The lowest BCUT2D eigenvalue weighted by Gasteiger charge is -2.33. The van der Waals surface area contributed by atoms with Gasteiger partial charge in [-0.3, -0.25) is 0 Å². The Morgan fingerprint density at radius 2 is 1.43 bits per heavy atom. The van der Waals surface area contributed by atoms with Gasteiger partial charge in [0, 0.05) is 23.2 Å². The molecule has 164 valence electrons. The number of hydrogen-bond acceptors (Lipinski definition) is 2. The van der Waals surface area contributed by atoms with Crippen LogP contribution in [0.15, 0.2) is 18.2 Å². The molecule has 0 aromatic heterocycles. The Balaban J connectivity index is 3.00. The number of rotatable bonds is 5. The molecule has 0 heterocycles. The first kappa shape index (κ1) is 25.9. The van der Waals surface area contributed by atoms with E-state index in [0.717, 1.165) is 16.9 Å². The Morgan fingerprint density at radius 3 is 1.80 bits per heavy atom. The molecular weight excluding hydrogens is 406 g/mol. The van der Waals surface area contributed by atoms with E-state index < -0.39 is 27.8 Å². The third-order valence-corrected chi connectivity index (χ3v) is 5.66. The van der Waals surface area contributed by atoms with Crippen LogP contribution in [0.5, 0.6) is 5.75 Å². The Kier molecular flexibility index (Phi) is 8.83. The van der Waals surface area contributed by atoms with Crippen LogP contribution >= 0.6 is 0 Å². The minimum absolute atomic E-state index is 0.427. The normalized spacial score (nSPS) is 11.6. The highest BCUT2D eigenvalue weighted by Gasteiger charge is 2.25. The molecule has 0 saturated carbocycles. The van der Waals surface area contributed by atoms with Gasteiger partial charge in [0.15, 0.2) is 0 Å². The number of amides is 1. The van der Waals surface area contributed by atoms with Crippen LogP contribution < -0.4 is 4.74 Å². The summed E-state index contributed by atoms with van der Waals surface area (Å²) in [6.45, 7) is 19.9. The number of nitrogens with zero attached hydrogens (tertiary/aromatic N) is 1. The predicted molar refractivity (Wildman–Crippen MR) is 131 cm³/mol. The average molecular weight is 444 g/mol. The van der Waals surface area contributed by atoms with Crippen LogP contribution in [-0.2, 0) is 0 Å². The summed E-state index contributed by atoms with van der Waals surface area (Å²) in [5, 5.41) is 9.41. The molecule has 1 aromatic carbocycles. The molecule has 0 atom stereocenters. The number of benzene rings is 1. The molecular formula is C24H37NO3Si2. The van der Waals surface area contributed by atoms with Crippen LogP contribution in [0.1, 0.15) is 38.3 Å². The zero-order valence-corrected chi connectivity index (χ0v) is 22.1. The highest BCUT2D eigenvalue weighted by atomic mass is 28.3.